The van der Waals surface area contributed by atoms with Gasteiger partial charge in [0.05, 0.1) is 41.9 Å². The van der Waals surface area contributed by atoms with Crippen LogP contribution in [-0.4, -0.2) is 48.6 Å². The van der Waals surface area contributed by atoms with E-state index in [-0.39, 0.29) is 28.8 Å². The number of aromatic nitrogens is 6. The van der Waals surface area contributed by atoms with Crippen molar-refractivity contribution in [2.75, 3.05) is 17.7 Å². The first-order chi connectivity index (χ1) is 13.9. The lowest BCUT2D eigenvalue weighted by molar-refractivity contribution is 0.0954. The van der Waals surface area contributed by atoms with Crippen LogP contribution in [0.4, 0.5) is 17.2 Å². The molecule has 0 aliphatic rings. The number of anilines is 3. The van der Waals surface area contributed by atoms with Gasteiger partial charge in [-0.05, 0) is 12.5 Å². The minimum absolute atomic E-state index is 0.0149. The van der Waals surface area contributed by atoms with Crippen molar-refractivity contribution in [3.05, 3.63) is 54.8 Å². The van der Waals surface area contributed by atoms with Gasteiger partial charge in [-0.3, -0.25) is 14.3 Å². The van der Waals surface area contributed by atoms with Crippen LogP contribution < -0.4 is 16.0 Å². The number of carbonyl (C=O) groups is 2. The summed E-state index contributed by atoms with van der Waals surface area (Å²) in [4.78, 5) is 41.6. The average Bonchev–Trinajstić information content (AvgIpc) is 3.08. The van der Waals surface area contributed by atoms with Crippen LogP contribution in [-0.2, 0) is 7.05 Å². The standard InChI is InChI=1S/C18H19N9O2/c1-10(2)12-7-22-16(24-11-5-20-9-21-6-11)14(25-12)17(28)26-13-8-23-27(4)15(13)18(29)19-3/h5-9H,1H2,2-4H3,(H,19,29)(H,22,24)(H,26,28). The maximum atomic E-state index is 13.0. The van der Waals surface area contributed by atoms with E-state index in [9.17, 15) is 9.59 Å². The summed E-state index contributed by atoms with van der Waals surface area (Å²) < 4.78 is 1.37. The van der Waals surface area contributed by atoms with Crippen LogP contribution >= 0.6 is 0 Å². The maximum absolute atomic E-state index is 13.0. The van der Waals surface area contributed by atoms with Crippen molar-refractivity contribution in [1.29, 1.82) is 0 Å². The lowest BCUT2D eigenvalue weighted by atomic mass is 10.2. The summed E-state index contributed by atoms with van der Waals surface area (Å²) in [5, 5.41) is 12.2. The van der Waals surface area contributed by atoms with Gasteiger partial charge in [-0.15, -0.1) is 0 Å². The molecule has 0 radical (unpaired) electrons. The molecule has 3 aromatic heterocycles. The number of amides is 2. The molecule has 2 amide bonds. The van der Waals surface area contributed by atoms with Crippen molar-refractivity contribution < 1.29 is 9.59 Å². The molecule has 3 aromatic rings. The van der Waals surface area contributed by atoms with Crippen LogP contribution in [0.1, 0.15) is 33.6 Å². The Labute approximate surface area is 166 Å². The second kappa shape index (κ2) is 8.25. The summed E-state index contributed by atoms with van der Waals surface area (Å²) >= 11 is 0. The number of rotatable bonds is 6. The number of aryl methyl sites for hydroxylation is 1. The smallest absolute Gasteiger partial charge is 0.278 e. The average molecular weight is 393 g/mol. The SMILES string of the molecule is C=C(C)c1cnc(Nc2cncnc2)c(C(=O)Nc2cnn(C)c2C(=O)NC)n1. The van der Waals surface area contributed by atoms with Crippen molar-refractivity contribution in [2.24, 2.45) is 7.05 Å². The lowest BCUT2D eigenvalue weighted by Gasteiger charge is -2.12. The molecule has 0 spiro atoms. The van der Waals surface area contributed by atoms with Crippen LogP contribution in [0.15, 0.2) is 37.7 Å². The molecule has 0 aromatic carbocycles. The van der Waals surface area contributed by atoms with E-state index in [1.165, 1.54) is 42.8 Å². The molecule has 0 unspecified atom stereocenters. The van der Waals surface area contributed by atoms with Crippen LogP contribution in [0.3, 0.4) is 0 Å². The third-order valence-electron chi connectivity index (χ3n) is 3.88. The molecule has 0 bridgehead atoms. The van der Waals surface area contributed by atoms with Gasteiger partial charge in [0, 0.05) is 14.1 Å². The van der Waals surface area contributed by atoms with Crippen molar-refractivity contribution in [2.45, 2.75) is 6.92 Å². The van der Waals surface area contributed by atoms with Crippen molar-refractivity contribution in [3.63, 3.8) is 0 Å². The van der Waals surface area contributed by atoms with E-state index in [0.29, 0.717) is 17.0 Å². The fraction of sp³-hybridized carbons (Fsp3) is 0.167. The van der Waals surface area contributed by atoms with Gasteiger partial charge in [0.2, 0.25) is 0 Å². The molecule has 3 rings (SSSR count). The second-order valence-electron chi connectivity index (χ2n) is 6.05. The van der Waals surface area contributed by atoms with Gasteiger partial charge in [-0.25, -0.2) is 19.9 Å². The van der Waals surface area contributed by atoms with Gasteiger partial charge < -0.3 is 16.0 Å². The molecule has 148 valence electrons. The minimum atomic E-state index is -0.571. The Balaban J connectivity index is 1.98. The third kappa shape index (κ3) is 4.24. The highest BCUT2D eigenvalue weighted by Crippen LogP contribution is 2.21. The molecule has 11 nitrogen and oxygen atoms in total. The fourth-order valence-electron chi connectivity index (χ4n) is 2.44. The van der Waals surface area contributed by atoms with Crippen LogP contribution in [0.25, 0.3) is 5.57 Å². The zero-order valence-corrected chi connectivity index (χ0v) is 16.1. The van der Waals surface area contributed by atoms with Gasteiger partial charge in [-0.2, -0.15) is 5.10 Å². The number of hydrogen-bond donors (Lipinski definition) is 3. The number of hydrogen-bond acceptors (Lipinski definition) is 8. The van der Waals surface area contributed by atoms with E-state index in [0.717, 1.165) is 0 Å². The number of carbonyl (C=O) groups excluding carboxylic acids is 2. The van der Waals surface area contributed by atoms with Crippen LogP contribution in [0, 0.1) is 0 Å². The predicted octanol–water partition coefficient (Wildman–Crippen LogP) is 1.39. The Morgan fingerprint density at radius 2 is 1.83 bits per heavy atom. The van der Waals surface area contributed by atoms with Gasteiger partial charge in [0.25, 0.3) is 11.8 Å². The Hall–Kier alpha value is -4.15. The van der Waals surface area contributed by atoms with Crippen molar-refractivity contribution >= 4 is 34.6 Å². The summed E-state index contributed by atoms with van der Waals surface area (Å²) in [6.45, 7) is 5.59. The molecule has 11 heteroatoms. The highest BCUT2D eigenvalue weighted by molar-refractivity contribution is 6.09. The van der Waals surface area contributed by atoms with Gasteiger partial charge >= 0.3 is 0 Å². The molecular weight excluding hydrogens is 374 g/mol. The first kappa shape index (κ1) is 19.6. The third-order valence-corrected chi connectivity index (χ3v) is 3.88. The van der Waals surface area contributed by atoms with Crippen LogP contribution in [0.2, 0.25) is 0 Å². The molecule has 0 aliphatic heterocycles. The summed E-state index contributed by atoms with van der Waals surface area (Å²) in [6, 6.07) is 0. The zero-order valence-electron chi connectivity index (χ0n) is 16.1. The number of nitrogens with zero attached hydrogens (tertiary/aromatic N) is 6. The molecule has 0 atom stereocenters. The van der Waals surface area contributed by atoms with Crippen LogP contribution in [0.5, 0.6) is 0 Å². The number of allylic oxidation sites excluding steroid dienone is 1. The first-order valence-electron chi connectivity index (χ1n) is 8.51. The Bertz CT molecular complexity index is 1080. The maximum Gasteiger partial charge on any atom is 0.278 e. The Morgan fingerprint density at radius 3 is 2.48 bits per heavy atom. The second-order valence-corrected chi connectivity index (χ2v) is 6.05. The lowest BCUT2D eigenvalue weighted by Crippen LogP contribution is -2.24. The van der Waals surface area contributed by atoms with Crippen molar-refractivity contribution in [3.8, 4) is 0 Å². The highest BCUT2D eigenvalue weighted by atomic mass is 16.2. The monoisotopic (exact) mass is 393 g/mol. The van der Waals surface area contributed by atoms with E-state index in [1.807, 2.05) is 0 Å². The molecule has 0 aliphatic carbocycles. The summed E-state index contributed by atoms with van der Waals surface area (Å²) in [5.41, 5.74) is 2.10. The van der Waals surface area contributed by atoms with E-state index >= 15 is 0 Å². The molecule has 0 saturated carbocycles. The molecule has 3 N–H and O–H groups in total. The Kier molecular flexibility index (Phi) is 5.58. The summed E-state index contributed by atoms with van der Waals surface area (Å²) in [7, 11) is 3.09. The molecule has 0 fully saturated rings. The summed E-state index contributed by atoms with van der Waals surface area (Å²) in [5.74, 6) is -0.757. The minimum Gasteiger partial charge on any atom is -0.354 e. The van der Waals surface area contributed by atoms with Gasteiger partial charge in [0.15, 0.2) is 11.5 Å². The topological polar surface area (TPSA) is 140 Å². The van der Waals surface area contributed by atoms with E-state index in [4.69, 9.17) is 0 Å². The Morgan fingerprint density at radius 1 is 1.10 bits per heavy atom. The fourth-order valence-corrected chi connectivity index (χ4v) is 2.44. The molecular formula is C18H19N9O2. The van der Waals surface area contributed by atoms with E-state index in [2.05, 4.69) is 47.6 Å². The van der Waals surface area contributed by atoms with E-state index in [1.54, 1.807) is 14.0 Å². The van der Waals surface area contributed by atoms with Gasteiger partial charge in [-0.1, -0.05) is 6.58 Å². The zero-order chi connectivity index (χ0) is 21.0. The first-order valence-corrected chi connectivity index (χ1v) is 8.51. The normalized spacial score (nSPS) is 10.3. The number of nitrogens with one attached hydrogen (secondary N) is 3. The van der Waals surface area contributed by atoms with E-state index < -0.39 is 5.91 Å². The quantitative estimate of drug-likeness (QED) is 0.571. The largest absolute Gasteiger partial charge is 0.354 e. The molecule has 3 heterocycles. The highest BCUT2D eigenvalue weighted by Gasteiger charge is 2.22. The predicted molar refractivity (Wildman–Crippen MR) is 107 cm³/mol. The summed E-state index contributed by atoms with van der Waals surface area (Å²) in [6.07, 6.45) is 7.35. The van der Waals surface area contributed by atoms with Gasteiger partial charge in [0.1, 0.15) is 12.0 Å². The van der Waals surface area contributed by atoms with Crippen molar-refractivity contribution in [1.82, 2.24) is 35.0 Å². The molecule has 0 saturated heterocycles. The molecule has 29 heavy (non-hydrogen) atoms.